The van der Waals surface area contributed by atoms with Crippen molar-refractivity contribution in [3.63, 3.8) is 0 Å². The van der Waals surface area contributed by atoms with Crippen LogP contribution in [0.2, 0.25) is 0 Å². The van der Waals surface area contributed by atoms with Crippen LogP contribution in [0.1, 0.15) is 90.9 Å². The third kappa shape index (κ3) is 16.4. The smallest absolute Gasteiger partial charge is 0.243 e. The molecule has 3 heteroatoms. The van der Waals surface area contributed by atoms with Gasteiger partial charge in [-0.05, 0) is 30.6 Å². The van der Waals surface area contributed by atoms with Gasteiger partial charge in [-0.3, -0.25) is 4.79 Å². The van der Waals surface area contributed by atoms with Gasteiger partial charge in [0.2, 0.25) is 5.91 Å². The summed E-state index contributed by atoms with van der Waals surface area (Å²) >= 11 is 2.00. The molecular weight excluding hydrogens is 314 g/mol. The van der Waals surface area contributed by atoms with E-state index in [1.165, 1.54) is 88.9 Å². The van der Waals surface area contributed by atoms with E-state index in [9.17, 15) is 4.79 Å². The van der Waals surface area contributed by atoms with Crippen molar-refractivity contribution in [3.8, 4) is 0 Å². The summed E-state index contributed by atoms with van der Waals surface area (Å²) in [5.41, 5.74) is 0. The Morgan fingerprint density at radius 1 is 0.958 bits per heavy atom. The molecule has 1 unspecified atom stereocenters. The molecule has 0 aliphatic heterocycles. The molecule has 0 heterocycles. The second-order valence-electron chi connectivity index (χ2n) is 6.84. The van der Waals surface area contributed by atoms with Crippen molar-refractivity contribution in [3.05, 3.63) is 12.7 Å². The van der Waals surface area contributed by atoms with Gasteiger partial charge >= 0.3 is 0 Å². The molecule has 0 aromatic carbocycles. The Morgan fingerprint density at radius 2 is 1.50 bits per heavy atom. The Labute approximate surface area is 155 Å². The van der Waals surface area contributed by atoms with Crippen LogP contribution >= 0.6 is 11.8 Å². The number of thioether (sulfide) groups is 1. The highest BCUT2D eigenvalue weighted by Gasteiger charge is 2.09. The standard InChI is InChI=1S/C21H41NOS/c1-4-7-9-11-12-14-16-20(15-13-10-8-5-2)19-24-18-17-22-21(23)6-3/h6,20H,3-5,7-19H2,1-2H3,(H,22,23). The minimum absolute atomic E-state index is 0.0567. The van der Waals surface area contributed by atoms with Gasteiger partial charge in [-0.1, -0.05) is 84.6 Å². The third-order valence-electron chi connectivity index (χ3n) is 4.52. The van der Waals surface area contributed by atoms with E-state index in [0.29, 0.717) is 0 Å². The van der Waals surface area contributed by atoms with Crippen LogP contribution < -0.4 is 5.32 Å². The van der Waals surface area contributed by atoms with E-state index in [1.807, 2.05) is 11.8 Å². The van der Waals surface area contributed by atoms with E-state index in [1.54, 1.807) is 0 Å². The van der Waals surface area contributed by atoms with Crippen molar-refractivity contribution in [2.45, 2.75) is 90.9 Å². The molecule has 1 atom stereocenters. The summed E-state index contributed by atoms with van der Waals surface area (Å²) in [4.78, 5) is 11.1. The molecule has 1 amide bonds. The van der Waals surface area contributed by atoms with Crippen LogP contribution in [0.3, 0.4) is 0 Å². The fourth-order valence-electron chi connectivity index (χ4n) is 2.95. The molecule has 142 valence electrons. The second-order valence-corrected chi connectivity index (χ2v) is 7.99. The number of unbranched alkanes of at least 4 members (excludes halogenated alkanes) is 8. The molecule has 0 fully saturated rings. The van der Waals surface area contributed by atoms with Crippen molar-refractivity contribution in [2.75, 3.05) is 18.1 Å². The Bertz CT molecular complexity index is 294. The summed E-state index contributed by atoms with van der Waals surface area (Å²) in [7, 11) is 0. The molecule has 0 saturated heterocycles. The van der Waals surface area contributed by atoms with Crippen LogP contribution in [-0.2, 0) is 4.79 Å². The Kier molecular flexibility index (Phi) is 18.5. The summed E-state index contributed by atoms with van der Waals surface area (Å²) in [5.74, 6) is 3.08. The molecule has 0 aromatic rings. The maximum absolute atomic E-state index is 11.1. The van der Waals surface area contributed by atoms with Gasteiger partial charge < -0.3 is 5.32 Å². The summed E-state index contributed by atoms with van der Waals surface area (Å²) < 4.78 is 0. The predicted molar refractivity (Wildman–Crippen MR) is 111 cm³/mol. The number of amides is 1. The van der Waals surface area contributed by atoms with E-state index in [0.717, 1.165) is 18.2 Å². The number of rotatable bonds is 18. The van der Waals surface area contributed by atoms with Crippen LogP contribution in [0.25, 0.3) is 0 Å². The Morgan fingerprint density at radius 3 is 2.08 bits per heavy atom. The molecule has 0 aliphatic carbocycles. The van der Waals surface area contributed by atoms with Crippen LogP contribution in [0, 0.1) is 5.92 Å². The lowest BCUT2D eigenvalue weighted by molar-refractivity contribution is -0.116. The molecule has 0 aromatic heterocycles. The first-order valence-electron chi connectivity index (χ1n) is 10.2. The fraction of sp³-hybridized carbons (Fsp3) is 0.857. The molecule has 0 rings (SSSR count). The van der Waals surface area contributed by atoms with Gasteiger partial charge in [0.15, 0.2) is 0 Å². The van der Waals surface area contributed by atoms with Crippen LogP contribution in [0.15, 0.2) is 12.7 Å². The summed E-state index contributed by atoms with van der Waals surface area (Å²) in [6, 6.07) is 0. The minimum Gasteiger partial charge on any atom is -0.352 e. The van der Waals surface area contributed by atoms with E-state index in [-0.39, 0.29) is 5.91 Å². The van der Waals surface area contributed by atoms with Crippen molar-refractivity contribution in [2.24, 2.45) is 5.92 Å². The topological polar surface area (TPSA) is 29.1 Å². The summed E-state index contributed by atoms with van der Waals surface area (Å²) in [6.07, 6.45) is 18.0. The van der Waals surface area contributed by atoms with Gasteiger partial charge in [0.25, 0.3) is 0 Å². The lowest BCUT2D eigenvalue weighted by Gasteiger charge is -2.17. The molecule has 0 aliphatic rings. The number of carbonyl (C=O) groups is 1. The second kappa shape index (κ2) is 18.9. The normalized spacial score (nSPS) is 12.1. The minimum atomic E-state index is -0.0567. The van der Waals surface area contributed by atoms with Crippen molar-refractivity contribution < 1.29 is 4.79 Å². The highest BCUT2D eigenvalue weighted by molar-refractivity contribution is 7.99. The maximum Gasteiger partial charge on any atom is 0.243 e. The number of hydrogen-bond acceptors (Lipinski definition) is 2. The largest absolute Gasteiger partial charge is 0.352 e. The highest BCUT2D eigenvalue weighted by Crippen LogP contribution is 2.22. The molecule has 2 nitrogen and oxygen atoms in total. The SMILES string of the molecule is C=CC(=O)NCCSCC(CCCCCC)CCCCCCCC. The van der Waals surface area contributed by atoms with Gasteiger partial charge in [-0.25, -0.2) is 0 Å². The van der Waals surface area contributed by atoms with Crippen LogP contribution in [-0.4, -0.2) is 24.0 Å². The molecule has 0 saturated carbocycles. The van der Waals surface area contributed by atoms with Gasteiger partial charge in [-0.15, -0.1) is 0 Å². The summed E-state index contributed by atoms with van der Waals surface area (Å²) in [6.45, 7) is 8.79. The molecular formula is C21H41NOS. The van der Waals surface area contributed by atoms with Crippen molar-refractivity contribution >= 4 is 17.7 Å². The van der Waals surface area contributed by atoms with Gasteiger partial charge in [0.05, 0.1) is 0 Å². The quantitative estimate of drug-likeness (QED) is 0.229. The molecule has 1 N–H and O–H groups in total. The lowest BCUT2D eigenvalue weighted by atomic mass is 9.96. The highest BCUT2D eigenvalue weighted by atomic mass is 32.2. The number of nitrogens with one attached hydrogen (secondary N) is 1. The average molecular weight is 356 g/mol. The van der Waals surface area contributed by atoms with Gasteiger partial charge in [-0.2, -0.15) is 11.8 Å². The van der Waals surface area contributed by atoms with Gasteiger partial charge in [0, 0.05) is 12.3 Å². The van der Waals surface area contributed by atoms with Gasteiger partial charge in [0.1, 0.15) is 0 Å². The Hall–Kier alpha value is -0.440. The monoisotopic (exact) mass is 355 g/mol. The molecule has 0 spiro atoms. The molecule has 0 bridgehead atoms. The van der Waals surface area contributed by atoms with E-state index < -0.39 is 0 Å². The zero-order valence-electron chi connectivity index (χ0n) is 16.3. The van der Waals surface area contributed by atoms with E-state index in [2.05, 4.69) is 25.7 Å². The number of hydrogen-bond donors (Lipinski definition) is 1. The van der Waals surface area contributed by atoms with E-state index in [4.69, 9.17) is 0 Å². The average Bonchev–Trinajstić information content (AvgIpc) is 2.60. The molecule has 24 heavy (non-hydrogen) atoms. The Balaban J connectivity index is 3.81. The first kappa shape index (κ1) is 23.6. The first-order chi connectivity index (χ1) is 11.7. The molecule has 0 radical (unpaired) electrons. The third-order valence-corrected chi connectivity index (χ3v) is 5.72. The fourth-order valence-corrected chi connectivity index (χ4v) is 4.03. The first-order valence-corrected chi connectivity index (χ1v) is 11.4. The lowest BCUT2D eigenvalue weighted by Crippen LogP contribution is -2.23. The van der Waals surface area contributed by atoms with Crippen LogP contribution in [0.4, 0.5) is 0 Å². The summed E-state index contributed by atoms with van der Waals surface area (Å²) in [5, 5.41) is 2.86. The number of carbonyl (C=O) groups excluding carboxylic acids is 1. The zero-order valence-corrected chi connectivity index (χ0v) is 17.1. The van der Waals surface area contributed by atoms with E-state index >= 15 is 0 Å². The van der Waals surface area contributed by atoms with Crippen molar-refractivity contribution in [1.82, 2.24) is 5.32 Å². The predicted octanol–water partition coefficient (Wildman–Crippen LogP) is 6.36. The maximum atomic E-state index is 11.1. The zero-order chi connectivity index (χ0) is 17.9. The van der Waals surface area contributed by atoms with Crippen LogP contribution in [0.5, 0.6) is 0 Å². The van der Waals surface area contributed by atoms with Crippen molar-refractivity contribution in [1.29, 1.82) is 0 Å².